The van der Waals surface area contributed by atoms with Crippen LogP contribution in [-0.2, 0) is 26.2 Å². The van der Waals surface area contributed by atoms with Crippen molar-refractivity contribution < 1.29 is 26.8 Å². The van der Waals surface area contributed by atoms with Crippen LogP contribution in [0.3, 0.4) is 0 Å². The molecule has 0 saturated heterocycles. The SMILES string of the molecule is CC(C)CNC(=O)C(C)N(Cc1ccccc1F)C(=O)CN(c1ccccc1F)S(=O)(=O)c1ccccc1. The quantitative estimate of drug-likeness (QED) is 0.390. The fourth-order valence-corrected chi connectivity index (χ4v) is 5.18. The van der Waals surface area contributed by atoms with Gasteiger partial charge < -0.3 is 10.2 Å². The molecule has 0 radical (unpaired) electrons. The third-order valence-corrected chi connectivity index (χ3v) is 7.66. The van der Waals surface area contributed by atoms with Crippen LogP contribution < -0.4 is 9.62 Å². The smallest absolute Gasteiger partial charge is 0.264 e. The summed E-state index contributed by atoms with van der Waals surface area (Å²) in [5.74, 6) is -2.56. The molecule has 202 valence electrons. The van der Waals surface area contributed by atoms with Crippen LogP contribution in [0.25, 0.3) is 0 Å². The van der Waals surface area contributed by atoms with Crippen LogP contribution in [-0.4, -0.2) is 44.3 Å². The predicted octanol–water partition coefficient (Wildman–Crippen LogP) is 4.35. The van der Waals surface area contributed by atoms with Crippen LogP contribution in [0.1, 0.15) is 26.3 Å². The van der Waals surface area contributed by atoms with Crippen LogP contribution >= 0.6 is 0 Å². The number of hydrogen-bond donors (Lipinski definition) is 1. The summed E-state index contributed by atoms with van der Waals surface area (Å²) in [7, 11) is -4.38. The Labute approximate surface area is 222 Å². The third-order valence-electron chi connectivity index (χ3n) is 5.88. The Morgan fingerprint density at radius 3 is 2.03 bits per heavy atom. The molecule has 3 aromatic carbocycles. The van der Waals surface area contributed by atoms with E-state index < -0.39 is 46.1 Å². The maximum atomic E-state index is 14.9. The Morgan fingerprint density at radius 1 is 0.842 bits per heavy atom. The molecule has 3 aromatic rings. The molecule has 1 unspecified atom stereocenters. The van der Waals surface area contributed by atoms with E-state index in [1.54, 1.807) is 12.1 Å². The number of anilines is 1. The van der Waals surface area contributed by atoms with Gasteiger partial charge in [-0.2, -0.15) is 0 Å². The first kappa shape index (κ1) is 28.8. The van der Waals surface area contributed by atoms with Crippen molar-refractivity contribution in [2.45, 2.75) is 38.3 Å². The van der Waals surface area contributed by atoms with Gasteiger partial charge in [-0.25, -0.2) is 17.2 Å². The van der Waals surface area contributed by atoms with Crippen molar-refractivity contribution in [2.75, 3.05) is 17.4 Å². The minimum Gasteiger partial charge on any atom is -0.354 e. The molecule has 7 nitrogen and oxygen atoms in total. The lowest BCUT2D eigenvalue weighted by atomic mass is 10.1. The van der Waals surface area contributed by atoms with E-state index in [0.29, 0.717) is 10.8 Å². The molecule has 0 aliphatic heterocycles. The largest absolute Gasteiger partial charge is 0.354 e. The van der Waals surface area contributed by atoms with Crippen LogP contribution in [0.15, 0.2) is 83.8 Å². The van der Waals surface area contributed by atoms with Crippen LogP contribution in [0.2, 0.25) is 0 Å². The Kier molecular flexibility index (Phi) is 9.57. The van der Waals surface area contributed by atoms with Crippen molar-refractivity contribution in [1.82, 2.24) is 10.2 Å². The molecule has 0 spiro atoms. The molecular formula is C28H31F2N3O4S. The predicted molar refractivity (Wildman–Crippen MR) is 142 cm³/mol. The average molecular weight is 544 g/mol. The first-order chi connectivity index (χ1) is 18.0. The minimum atomic E-state index is -4.38. The molecule has 0 aliphatic carbocycles. The summed E-state index contributed by atoms with van der Waals surface area (Å²) >= 11 is 0. The van der Waals surface area contributed by atoms with Gasteiger partial charge in [-0.15, -0.1) is 0 Å². The number of halogens is 2. The third kappa shape index (κ3) is 6.95. The average Bonchev–Trinajstić information content (AvgIpc) is 2.90. The number of nitrogens with zero attached hydrogens (tertiary/aromatic N) is 2. The van der Waals surface area contributed by atoms with Gasteiger partial charge in [-0.3, -0.25) is 13.9 Å². The van der Waals surface area contributed by atoms with Crippen molar-refractivity contribution in [3.63, 3.8) is 0 Å². The Bertz CT molecular complexity index is 1370. The first-order valence-electron chi connectivity index (χ1n) is 12.1. The highest BCUT2D eigenvalue weighted by atomic mass is 32.2. The fourth-order valence-electron chi connectivity index (χ4n) is 3.73. The molecule has 0 bridgehead atoms. The van der Waals surface area contributed by atoms with Gasteiger partial charge in [-0.1, -0.05) is 62.4 Å². The molecule has 0 fully saturated rings. The van der Waals surface area contributed by atoms with Crippen molar-refractivity contribution >= 4 is 27.5 Å². The van der Waals surface area contributed by atoms with Crippen LogP contribution in [0.5, 0.6) is 0 Å². The Hall–Kier alpha value is -3.79. The molecule has 2 amide bonds. The van der Waals surface area contributed by atoms with E-state index in [-0.39, 0.29) is 28.6 Å². The molecule has 38 heavy (non-hydrogen) atoms. The molecule has 0 heterocycles. The number of benzene rings is 3. The zero-order valence-electron chi connectivity index (χ0n) is 21.5. The van der Waals surface area contributed by atoms with Crippen molar-refractivity contribution in [1.29, 1.82) is 0 Å². The van der Waals surface area contributed by atoms with Gasteiger partial charge in [0, 0.05) is 18.7 Å². The van der Waals surface area contributed by atoms with E-state index in [0.717, 1.165) is 11.0 Å². The summed E-state index contributed by atoms with van der Waals surface area (Å²) in [6.45, 7) is 4.55. The number of rotatable bonds is 11. The summed E-state index contributed by atoms with van der Waals surface area (Å²) in [6, 6.07) is 17.3. The number of carbonyl (C=O) groups excluding carboxylic acids is 2. The molecule has 0 aliphatic rings. The molecule has 3 rings (SSSR count). The minimum absolute atomic E-state index is 0.139. The number of nitrogens with one attached hydrogen (secondary N) is 1. The van der Waals surface area contributed by atoms with Crippen molar-refractivity contribution in [3.8, 4) is 0 Å². The van der Waals surface area contributed by atoms with E-state index in [4.69, 9.17) is 0 Å². The van der Waals surface area contributed by atoms with E-state index >= 15 is 0 Å². The van der Waals surface area contributed by atoms with Gasteiger partial charge in [0.15, 0.2) is 0 Å². The molecule has 10 heteroatoms. The zero-order chi connectivity index (χ0) is 27.9. The van der Waals surface area contributed by atoms with Gasteiger partial charge in [0.25, 0.3) is 10.0 Å². The van der Waals surface area contributed by atoms with Crippen LogP contribution in [0.4, 0.5) is 14.5 Å². The standard InChI is InChI=1S/C28H31F2N3O4S/c1-20(2)17-31-28(35)21(3)32(18-22-11-7-8-14-24(22)29)27(34)19-33(26-16-10-9-15-25(26)30)38(36,37)23-12-5-4-6-13-23/h4-16,20-21H,17-19H2,1-3H3,(H,31,35). The second-order valence-electron chi connectivity index (χ2n) is 9.20. The first-order valence-corrected chi connectivity index (χ1v) is 13.6. The highest BCUT2D eigenvalue weighted by Gasteiger charge is 2.33. The van der Waals surface area contributed by atoms with Crippen LogP contribution in [0, 0.1) is 17.6 Å². The highest BCUT2D eigenvalue weighted by molar-refractivity contribution is 7.92. The Morgan fingerprint density at radius 2 is 1.42 bits per heavy atom. The molecule has 1 atom stereocenters. The molecule has 1 N–H and O–H groups in total. The second-order valence-corrected chi connectivity index (χ2v) is 11.1. The summed E-state index contributed by atoms with van der Waals surface area (Å²) in [5.41, 5.74) is -0.180. The lowest BCUT2D eigenvalue weighted by molar-refractivity contribution is -0.139. The number of carbonyl (C=O) groups is 2. The lowest BCUT2D eigenvalue weighted by Gasteiger charge is -2.32. The monoisotopic (exact) mass is 543 g/mol. The number of sulfonamides is 1. The number of para-hydroxylation sites is 1. The number of amides is 2. The summed E-state index contributed by atoms with van der Waals surface area (Å²) in [5, 5.41) is 2.75. The topological polar surface area (TPSA) is 86.8 Å². The highest BCUT2D eigenvalue weighted by Crippen LogP contribution is 2.27. The zero-order valence-corrected chi connectivity index (χ0v) is 22.3. The summed E-state index contributed by atoms with van der Waals surface area (Å²) in [6.07, 6.45) is 0. The fraction of sp³-hybridized carbons (Fsp3) is 0.286. The van der Waals surface area contributed by atoms with Gasteiger partial charge >= 0.3 is 0 Å². The van der Waals surface area contributed by atoms with Gasteiger partial charge in [0.05, 0.1) is 10.6 Å². The van der Waals surface area contributed by atoms with Gasteiger partial charge in [0.1, 0.15) is 24.2 Å². The van der Waals surface area contributed by atoms with Gasteiger partial charge in [-0.05, 0) is 43.2 Å². The van der Waals surface area contributed by atoms with Crippen molar-refractivity contribution in [2.24, 2.45) is 5.92 Å². The van der Waals surface area contributed by atoms with Gasteiger partial charge in [0.2, 0.25) is 11.8 Å². The van der Waals surface area contributed by atoms with E-state index in [2.05, 4.69) is 5.32 Å². The van der Waals surface area contributed by atoms with Crippen molar-refractivity contribution in [3.05, 3.63) is 96.1 Å². The lowest BCUT2D eigenvalue weighted by Crippen LogP contribution is -2.51. The van der Waals surface area contributed by atoms with E-state index in [1.807, 2.05) is 13.8 Å². The van der Waals surface area contributed by atoms with E-state index in [1.165, 1.54) is 67.6 Å². The van der Waals surface area contributed by atoms with E-state index in [9.17, 15) is 26.8 Å². The maximum absolute atomic E-state index is 14.9. The maximum Gasteiger partial charge on any atom is 0.264 e. The molecular weight excluding hydrogens is 512 g/mol. The second kappa shape index (κ2) is 12.6. The summed E-state index contributed by atoms with van der Waals surface area (Å²) in [4.78, 5) is 27.6. The normalized spacial score (nSPS) is 12.2. The number of hydrogen-bond acceptors (Lipinski definition) is 4. The molecule has 0 aromatic heterocycles. The summed E-state index contributed by atoms with van der Waals surface area (Å²) < 4.78 is 57.2. The molecule has 0 saturated carbocycles. The Balaban J connectivity index is 2.02.